The monoisotopic (exact) mass is 307 g/mol. The third kappa shape index (κ3) is 3.72. The van der Waals surface area contributed by atoms with E-state index < -0.39 is 0 Å². The van der Waals surface area contributed by atoms with Crippen LogP contribution in [0, 0.1) is 13.8 Å². The van der Waals surface area contributed by atoms with Gasteiger partial charge in [-0.2, -0.15) is 0 Å². The maximum Gasteiger partial charge on any atom is 0.240 e. The van der Waals surface area contributed by atoms with E-state index in [4.69, 9.17) is 4.52 Å². The second kappa shape index (κ2) is 6.57. The van der Waals surface area contributed by atoms with E-state index in [1.165, 1.54) is 11.8 Å². The van der Waals surface area contributed by atoms with Crippen molar-refractivity contribution in [3.63, 3.8) is 0 Å². The first kappa shape index (κ1) is 15.3. The molecule has 0 aliphatic rings. The minimum atomic E-state index is -0.345. The molecule has 0 radical (unpaired) electrons. The number of aromatic nitrogens is 4. The number of aryl methyl sites for hydroxylation is 2. The summed E-state index contributed by atoms with van der Waals surface area (Å²) in [5.74, 6) is 0.950. The molecule has 2 aromatic heterocycles. The zero-order chi connectivity index (χ0) is 15.4. The number of nitrogens with zero attached hydrogens (tertiary/aromatic N) is 4. The van der Waals surface area contributed by atoms with Gasteiger partial charge in [-0.3, -0.25) is 10.1 Å². The summed E-state index contributed by atoms with van der Waals surface area (Å²) in [5, 5.41) is 14.8. The Hall–Kier alpha value is -2.09. The molecule has 0 saturated carbocycles. The first-order valence-corrected chi connectivity index (χ1v) is 7.30. The van der Waals surface area contributed by atoms with E-state index in [0.717, 1.165) is 5.82 Å². The average Bonchev–Trinajstić information content (AvgIpc) is 2.99. The average molecular weight is 307 g/mol. The van der Waals surface area contributed by atoms with Crippen LogP contribution in [-0.2, 0) is 11.3 Å². The van der Waals surface area contributed by atoms with E-state index in [-0.39, 0.29) is 11.2 Å². The van der Waals surface area contributed by atoms with Crippen molar-refractivity contribution >= 4 is 23.6 Å². The smallest absolute Gasteiger partial charge is 0.240 e. The van der Waals surface area contributed by atoms with Crippen LogP contribution in [0.2, 0.25) is 0 Å². The molecule has 2 aromatic rings. The Kier molecular flexibility index (Phi) is 4.79. The minimum Gasteiger partial charge on any atom is -0.338 e. The van der Waals surface area contributed by atoms with E-state index in [2.05, 4.69) is 27.2 Å². The molecule has 0 fully saturated rings. The third-order valence-corrected chi connectivity index (χ3v) is 3.82. The van der Waals surface area contributed by atoms with Crippen molar-refractivity contribution in [2.75, 3.05) is 5.32 Å². The van der Waals surface area contributed by atoms with Gasteiger partial charge in [0.05, 0.1) is 10.9 Å². The normalized spacial score (nSPS) is 12.1. The second-order valence-electron chi connectivity index (χ2n) is 4.51. The summed E-state index contributed by atoms with van der Waals surface area (Å²) in [4.78, 5) is 12.1. The van der Waals surface area contributed by atoms with E-state index in [0.29, 0.717) is 23.3 Å². The molecule has 112 valence electrons. The Balaban J connectivity index is 2.02. The van der Waals surface area contributed by atoms with Gasteiger partial charge in [0, 0.05) is 12.6 Å². The standard InChI is InChI=1S/C13H17N5O2S/c1-5-6-18-10(4)15-16-13(18)21-9(3)12(19)14-11-7-8(2)17-20-11/h5,7,9H,1,6H2,2-4H3,(H,14,19). The van der Waals surface area contributed by atoms with Gasteiger partial charge in [-0.05, 0) is 20.8 Å². The van der Waals surface area contributed by atoms with Crippen LogP contribution in [0.5, 0.6) is 0 Å². The number of hydrogen-bond donors (Lipinski definition) is 1. The molecule has 1 atom stereocenters. The Bertz CT molecular complexity index is 649. The minimum absolute atomic E-state index is 0.179. The summed E-state index contributed by atoms with van der Waals surface area (Å²) >= 11 is 1.33. The van der Waals surface area contributed by atoms with E-state index >= 15 is 0 Å². The molecule has 1 N–H and O–H groups in total. The fourth-order valence-corrected chi connectivity index (χ4v) is 2.55. The number of amides is 1. The van der Waals surface area contributed by atoms with Crippen molar-refractivity contribution in [1.82, 2.24) is 19.9 Å². The molecular weight excluding hydrogens is 290 g/mol. The molecule has 2 rings (SSSR count). The number of rotatable bonds is 6. The van der Waals surface area contributed by atoms with Crippen LogP contribution in [0.4, 0.5) is 5.88 Å². The van der Waals surface area contributed by atoms with Gasteiger partial charge in [0.15, 0.2) is 5.16 Å². The number of anilines is 1. The number of thioether (sulfide) groups is 1. The molecular formula is C13H17N5O2S. The molecule has 8 heteroatoms. The van der Waals surface area contributed by atoms with Crippen molar-refractivity contribution in [1.29, 1.82) is 0 Å². The highest BCUT2D eigenvalue weighted by Gasteiger charge is 2.20. The Morgan fingerprint density at radius 3 is 2.95 bits per heavy atom. The molecule has 0 aliphatic carbocycles. The van der Waals surface area contributed by atoms with Gasteiger partial charge < -0.3 is 9.09 Å². The maximum absolute atomic E-state index is 12.1. The van der Waals surface area contributed by atoms with Crippen LogP contribution in [0.3, 0.4) is 0 Å². The van der Waals surface area contributed by atoms with Crippen LogP contribution >= 0.6 is 11.8 Å². The highest BCUT2D eigenvalue weighted by Crippen LogP contribution is 2.23. The summed E-state index contributed by atoms with van der Waals surface area (Å²) in [6.07, 6.45) is 1.77. The SMILES string of the molecule is C=CCn1c(C)nnc1SC(C)C(=O)Nc1cc(C)no1. The fraction of sp³-hybridized carbons (Fsp3) is 0.385. The Morgan fingerprint density at radius 2 is 2.33 bits per heavy atom. The Labute approximate surface area is 126 Å². The topological polar surface area (TPSA) is 85.8 Å². The largest absolute Gasteiger partial charge is 0.338 e. The van der Waals surface area contributed by atoms with Crippen LogP contribution < -0.4 is 5.32 Å². The zero-order valence-electron chi connectivity index (χ0n) is 12.2. The van der Waals surface area contributed by atoms with Crippen LogP contribution in [-0.4, -0.2) is 31.1 Å². The fourth-order valence-electron chi connectivity index (χ4n) is 1.65. The molecule has 2 heterocycles. The van der Waals surface area contributed by atoms with Crippen molar-refractivity contribution in [3.05, 3.63) is 30.2 Å². The summed E-state index contributed by atoms with van der Waals surface area (Å²) in [6.45, 7) is 9.76. The molecule has 0 bridgehead atoms. The highest BCUT2D eigenvalue weighted by atomic mass is 32.2. The van der Waals surface area contributed by atoms with E-state index in [9.17, 15) is 4.79 Å². The van der Waals surface area contributed by atoms with Gasteiger partial charge in [0.2, 0.25) is 11.8 Å². The highest BCUT2D eigenvalue weighted by molar-refractivity contribution is 8.00. The molecule has 0 aromatic carbocycles. The predicted molar refractivity (Wildman–Crippen MR) is 80.1 cm³/mol. The second-order valence-corrected chi connectivity index (χ2v) is 5.82. The van der Waals surface area contributed by atoms with Crippen LogP contribution in [0.15, 0.2) is 28.4 Å². The quantitative estimate of drug-likeness (QED) is 0.650. The lowest BCUT2D eigenvalue weighted by Gasteiger charge is -2.10. The summed E-state index contributed by atoms with van der Waals surface area (Å²) in [5.41, 5.74) is 0.715. The molecule has 0 saturated heterocycles. The van der Waals surface area contributed by atoms with Crippen molar-refractivity contribution in [3.8, 4) is 0 Å². The number of nitrogens with one attached hydrogen (secondary N) is 1. The van der Waals surface area contributed by atoms with Gasteiger partial charge in [-0.1, -0.05) is 23.0 Å². The Morgan fingerprint density at radius 1 is 1.57 bits per heavy atom. The van der Waals surface area contributed by atoms with Gasteiger partial charge in [0.1, 0.15) is 5.82 Å². The number of hydrogen-bond acceptors (Lipinski definition) is 6. The van der Waals surface area contributed by atoms with Gasteiger partial charge in [-0.25, -0.2) is 0 Å². The lowest BCUT2D eigenvalue weighted by atomic mass is 10.4. The molecule has 7 nitrogen and oxygen atoms in total. The molecule has 1 amide bonds. The summed E-state index contributed by atoms with van der Waals surface area (Å²) in [7, 11) is 0. The van der Waals surface area contributed by atoms with Crippen LogP contribution in [0.25, 0.3) is 0 Å². The van der Waals surface area contributed by atoms with Gasteiger partial charge in [0.25, 0.3) is 0 Å². The summed E-state index contributed by atoms with van der Waals surface area (Å²) < 4.78 is 6.87. The lowest BCUT2D eigenvalue weighted by molar-refractivity contribution is -0.115. The van der Waals surface area contributed by atoms with Gasteiger partial charge >= 0.3 is 0 Å². The first-order valence-electron chi connectivity index (χ1n) is 6.42. The molecule has 21 heavy (non-hydrogen) atoms. The molecule has 0 aliphatic heterocycles. The lowest BCUT2D eigenvalue weighted by Crippen LogP contribution is -2.22. The summed E-state index contributed by atoms with van der Waals surface area (Å²) in [6, 6.07) is 1.67. The number of carbonyl (C=O) groups is 1. The van der Waals surface area contributed by atoms with Crippen molar-refractivity contribution in [2.45, 2.75) is 37.7 Å². The van der Waals surface area contributed by atoms with Crippen molar-refractivity contribution < 1.29 is 9.32 Å². The first-order chi connectivity index (χ1) is 10.0. The number of allylic oxidation sites excluding steroid dienone is 1. The maximum atomic E-state index is 12.1. The van der Waals surface area contributed by atoms with E-state index in [1.807, 2.05) is 11.5 Å². The predicted octanol–water partition coefficient (Wildman–Crippen LogP) is 2.19. The van der Waals surface area contributed by atoms with Crippen LogP contribution in [0.1, 0.15) is 18.4 Å². The molecule has 1 unspecified atom stereocenters. The zero-order valence-corrected chi connectivity index (χ0v) is 13.0. The molecule has 0 spiro atoms. The third-order valence-electron chi connectivity index (χ3n) is 2.74. The number of carbonyl (C=O) groups excluding carboxylic acids is 1. The van der Waals surface area contributed by atoms with E-state index in [1.54, 1.807) is 26.0 Å². The van der Waals surface area contributed by atoms with Crippen molar-refractivity contribution in [2.24, 2.45) is 0 Å². The van der Waals surface area contributed by atoms with Gasteiger partial charge in [-0.15, -0.1) is 16.8 Å².